The molecule has 0 saturated carbocycles. The number of hydrogen-bond acceptors (Lipinski definition) is 5. The number of rotatable bonds is 11. The van der Waals surface area contributed by atoms with Gasteiger partial charge in [-0.25, -0.2) is 0 Å². The Bertz CT molecular complexity index is 409. The molecule has 0 radical (unpaired) electrons. The van der Waals surface area contributed by atoms with Crippen molar-refractivity contribution in [2.45, 2.75) is 109 Å². The van der Waals surface area contributed by atoms with Crippen LogP contribution in [0.25, 0.3) is 0 Å². The first-order chi connectivity index (χ1) is 12.6. The lowest BCUT2D eigenvalue weighted by atomic mass is 9.99. The van der Waals surface area contributed by atoms with E-state index in [4.69, 9.17) is 23.7 Å². The normalized spacial score (nSPS) is 31.1. The summed E-state index contributed by atoms with van der Waals surface area (Å²) in [6, 6.07) is 0. The van der Waals surface area contributed by atoms with Crippen LogP contribution in [-0.2, 0) is 23.7 Å². The average Bonchev–Trinajstić information content (AvgIpc) is 2.62. The summed E-state index contributed by atoms with van der Waals surface area (Å²) >= 11 is 0. The first-order valence-corrected chi connectivity index (χ1v) is 10.4. The molecule has 152 valence electrons. The molecule has 2 saturated heterocycles. The topological polar surface area (TPSA) is 46.2 Å². The molecule has 0 aliphatic carbocycles. The minimum Gasteiger partial charge on any atom is -0.473 e. The van der Waals surface area contributed by atoms with Crippen molar-refractivity contribution in [2.75, 3.05) is 13.2 Å². The predicted octanol–water partition coefficient (Wildman–Crippen LogP) is 4.94. The second-order valence-electron chi connectivity index (χ2n) is 7.77. The molecule has 2 unspecified atom stereocenters. The summed E-state index contributed by atoms with van der Waals surface area (Å²) in [5, 5.41) is 0. The van der Waals surface area contributed by atoms with Crippen LogP contribution in [0, 0.1) is 0 Å². The first-order valence-electron chi connectivity index (χ1n) is 10.4. The van der Waals surface area contributed by atoms with Gasteiger partial charge in [-0.2, -0.15) is 0 Å². The molecule has 0 amide bonds. The lowest BCUT2D eigenvalue weighted by molar-refractivity contribution is -0.363. The molecule has 2 aliphatic heterocycles. The van der Waals surface area contributed by atoms with E-state index in [0.29, 0.717) is 13.0 Å². The van der Waals surface area contributed by atoms with Crippen LogP contribution in [0.5, 0.6) is 0 Å². The highest BCUT2D eigenvalue weighted by Crippen LogP contribution is 2.34. The minimum atomic E-state index is -0.595. The maximum Gasteiger partial charge on any atom is 0.202 e. The van der Waals surface area contributed by atoms with Crippen LogP contribution in [0.3, 0.4) is 0 Å². The third kappa shape index (κ3) is 7.18. The van der Waals surface area contributed by atoms with Gasteiger partial charge >= 0.3 is 0 Å². The van der Waals surface area contributed by atoms with Crippen molar-refractivity contribution in [2.24, 2.45) is 0 Å². The van der Waals surface area contributed by atoms with Crippen LogP contribution < -0.4 is 0 Å². The van der Waals surface area contributed by atoms with Gasteiger partial charge in [0.15, 0.2) is 5.79 Å². The van der Waals surface area contributed by atoms with E-state index in [1.54, 1.807) is 6.26 Å². The summed E-state index contributed by atoms with van der Waals surface area (Å²) in [5.41, 5.74) is 0. The van der Waals surface area contributed by atoms with Crippen LogP contribution >= 0.6 is 0 Å². The predicted molar refractivity (Wildman–Crippen MR) is 102 cm³/mol. The summed E-state index contributed by atoms with van der Waals surface area (Å²) in [7, 11) is 0. The van der Waals surface area contributed by atoms with Crippen molar-refractivity contribution in [1.29, 1.82) is 0 Å². The van der Waals surface area contributed by atoms with Gasteiger partial charge in [0.1, 0.15) is 12.2 Å². The zero-order valence-electron chi connectivity index (χ0n) is 17.1. The fourth-order valence-electron chi connectivity index (χ4n) is 3.53. The molecule has 5 nitrogen and oxygen atoms in total. The first kappa shape index (κ1) is 21.7. The van der Waals surface area contributed by atoms with Crippen molar-refractivity contribution in [3.63, 3.8) is 0 Å². The fourth-order valence-corrected chi connectivity index (χ4v) is 3.53. The number of fused-ring (bicyclic) bond motifs is 1. The highest BCUT2D eigenvalue weighted by atomic mass is 16.8. The van der Waals surface area contributed by atoms with E-state index in [0.717, 1.165) is 13.0 Å². The zero-order valence-corrected chi connectivity index (χ0v) is 17.1. The van der Waals surface area contributed by atoms with E-state index >= 15 is 0 Å². The smallest absolute Gasteiger partial charge is 0.202 e. The van der Waals surface area contributed by atoms with Crippen molar-refractivity contribution in [3.05, 3.63) is 12.3 Å². The van der Waals surface area contributed by atoms with E-state index in [1.165, 1.54) is 38.5 Å². The molecule has 0 bridgehead atoms. The highest BCUT2D eigenvalue weighted by Gasteiger charge is 2.47. The molecule has 5 heteroatoms. The van der Waals surface area contributed by atoms with Crippen molar-refractivity contribution < 1.29 is 23.7 Å². The average molecular weight is 371 g/mol. The van der Waals surface area contributed by atoms with Gasteiger partial charge in [0.2, 0.25) is 6.29 Å². The van der Waals surface area contributed by atoms with Crippen LogP contribution in [0.2, 0.25) is 0 Å². The largest absolute Gasteiger partial charge is 0.473 e. The van der Waals surface area contributed by atoms with Gasteiger partial charge in [0.25, 0.3) is 0 Å². The Balaban J connectivity index is 1.77. The van der Waals surface area contributed by atoms with Gasteiger partial charge < -0.3 is 23.7 Å². The molecule has 0 N–H and O–H groups in total. The van der Waals surface area contributed by atoms with E-state index in [-0.39, 0.29) is 24.6 Å². The SMILES string of the molecule is C/C=C\O[C@@H]1CC(OCCCCCCCCC)[C@@H]2OC(C)(C)OCC2O1. The standard InChI is InChI=1S/C21H38O5/c1-5-7-8-9-10-11-12-14-22-17-15-19(23-13-6-2)25-18-16-24-21(3,4)26-20(17)18/h6,13,17-20H,5,7-12,14-16H2,1-4H3/b13-6-/t17?,18?,19-,20-/m0/s1. The van der Waals surface area contributed by atoms with Crippen LogP contribution in [0.4, 0.5) is 0 Å². The molecule has 2 aliphatic rings. The molecule has 0 aromatic heterocycles. The van der Waals surface area contributed by atoms with Gasteiger partial charge in [-0.15, -0.1) is 0 Å². The molecule has 2 fully saturated rings. The molecule has 2 heterocycles. The maximum absolute atomic E-state index is 6.22. The summed E-state index contributed by atoms with van der Waals surface area (Å²) in [6.07, 6.45) is 12.6. The van der Waals surface area contributed by atoms with E-state index in [2.05, 4.69) is 6.92 Å². The van der Waals surface area contributed by atoms with Gasteiger partial charge in [0.05, 0.1) is 19.0 Å². The number of unbranched alkanes of at least 4 members (excludes halogenated alkanes) is 6. The Morgan fingerprint density at radius 1 is 1.08 bits per heavy atom. The lowest BCUT2D eigenvalue weighted by Crippen LogP contribution is -2.59. The third-order valence-corrected chi connectivity index (χ3v) is 4.95. The molecule has 4 atom stereocenters. The molecular formula is C21H38O5. The second kappa shape index (κ2) is 11.3. The van der Waals surface area contributed by atoms with Crippen molar-refractivity contribution in [1.82, 2.24) is 0 Å². The molecule has 26 heavy (non-hydrogen) atoms. The van der Waals surface area contributed by atoms with Crippen LogP contribution in [-0.4, -0.2) is 43.6 Å². The zero-order chi connectivity index (χ0) is 18.8. The summed E-state index contributed by atoms with van der Waals surface area (Å²) in [5.74, 6) is -0.595. The van der Waals surface area contributed by atoms with Crippen LogP contribution in [0.15, 0.2) is 12.3 Å². The lowest BCUT2D eigenvalue weighted by Gasteiger charge is -2.47. The summed E-state index contributed by atoms with van der Waals surface area (Å²) in [6.45, 7) is 9.34. The summed E-state index contributed by atoms with van der Waals surface area (Å²) < 4.78 is 29.7. The Labute approximate surface area is 159 Å². The fraction of sp³-hybridized carbons (Fsp3) is 0.905. The number of ether oxygens (including phenoxy) is 5. The highest BCUT2D eigenvalue weighted by molar-refractivity contribution is 4.90. The third-order valence-electron chi connectivity index (χ3n) is 4.95. The Hall–Kier alpha value is -0.620. The molecule has 0 spiro atoms. The van der Waals surface area contributed by atoms with Crippen molar-refractivity contribution >= 4 is 0 Å². The Morgan fingerprint density at radius 2 is 1.81 bits per heavy atom. The molecular weight excluding hydrogens is 332 g/mol. The Morgan fingerprint density at radius 3 is 2.54 bits per heavy atom. The van der Waals surface area contributed by atoms with Crippen LogP contribution in [0.1, 0.15) is 79.1 Å². The van der Waals surface area contributed by atoms with Gasteiger partial charge in [-0.1, -0.05) is 51.5 Å². The van der Waals surface area contributed by atoms with E-state index < -0.39 is 5.79 Å². The number of hydrogen-bond donors (Lipinski definition) is 0. The molecule has 0 aromatic rings. The monoisotopic (exact) mass is 370 g/mol. The van der Waals surface area contributed by atoms with Gasteiger partial charge in [0, 0.05) is 13.0 Å². The Kier molecular flexibility index (Phi) is 9.40. The van der Waals surface area contributed by atoms with Crippen molar-refractivity contribution in [3.8, 4) is 0 Å². The summed E-state index contributed by atoms with van der Waals surface area (Å²) in [4.78, 5) is 0. The maximum atomic E-state index is 6.22. The molecule has 2 rings (SSSR count). The van der Waals surface area contributed by atoms with E-state index in [1.807, 2.05) is 26.8 Å². The van der Waals surface area contributed by atoms with Gasteiger partial charge in [-0.05, 0) is 27.2 Å². The van der Waals surface area contributed by atoms with E-state index in [9.17, 15) is 0 Å². The van der Waals surface area contributed by atoms with Gasteiger partial charge in [-0.3, -0.25) is 0 Å². The second-order valence-corrected chi connectivity index (χ2v) is 7.77. The molecule has 0 aromatic carbocycles. The minimum absolute atomic E-state index is 0.0210. The number of allylic oxidation sites excluding steroid dienone is 1. The quantitative estimate of drug-likeness (QED) is 0.381.